The van der Waals surface area contributed by atoms with Crippen molar-refractivity contribution in [2.75, 3.05) is 11.9 Å². The Morgan fingerprint density at radius 2 is 2.38 bits per heavy atom. The van der Waals surface area contributed by atoms with E-state index in [-0.39, 0.29) is 10.8 Å². The number of nitrogens with one attached hydrogen (secondary N) is 2. The molecule has 2 heterocycles. The number of allylic oxidation sites excluding steroid dienone is 1. The molecule has 88 valence electrons. The largest absolute Gasteiger partial charge is 0.370 e. The molecule has 2 N–H and O–H groups in total. The molecule has 6 heteroatoms. The fourth-order valence-corrected chi connectivity index (χ4v) is 1.61. The van der Waals surface area contributed by atoms with Crippen LogP contribution in [-0.2, 0) is 0 Å². The number of anilines is 1. The second-order valence-corrected chi connectivity index (χ2v) is 5.85. The van der Waals surface area contributed by atoms with Gasteiger partial charge >= 0.3 is 0 Å². The van der Waals surface area contributed by atoms with Gasteiger partial charge in [0, 0.05) is 11.3 Å². The van der Waals surface area contributed by atoms with Crippen LogP contribution in [0.25, 0.3) is 0 Å². The minimum atomic E-state index is -0.0448. The van der Waals surface area contributed by atoms with Crippen LogP contribution in [0.1, 0.15) is 26.8 Å². The lowest BCUT2D eigenvalue weighted by Gasteiger charge is -2.25. The molecule has 16 heavy (non-hydrogen) atoms. The van der Waals surface area contributed by atoms with Crippen molar-refractivity contribution >= 4 is 18.6 Å². The van der Waals surface area contributed by atoms with E-state index >= 15 is 0 Å². The third-order valence-electron chi connectivity index (χ3n) is 2.32. The SMILES string of the molecule is CC1C=C(NCC(C)(C)S)Nc2ncnn21. The van der Waals surface area contributed by atoms with Crippen molar-refractivity contribution in [1.82, 2.24) is 20.1 Å². The molecule has 2 rings (SSSR count). The van der Waals surface area contributed by atoms with E-state index in [0.717, 1.165) is 18.3 Å². The van der Waals surface area contributed by atoms with Crippen molar-refractivity contribution in [2.45, 2.75) is 31.6 Å². The van der Waals surface area contributed by atoms with Gasteiger partial charge in [0.25, 0.3) is 0 Å². The van der Waals surface area contributed by atoms with Gasteiger partial charge in [0.1, 0.15) is 12.1 Å². The van der Waals surface area contributed by atoms with Crippen LogP contribution in [0.15, 0.2) is 18.2 Å². The van der Waals surface area contributed by atoms with Gasteiger partial charge < -0.3 is 10.6 Å². The first-order valence-electron chi connectivity index (χ1n) is 5.30. The van der Waals surface area contributed by atoms with Crippen LogP contribution >= 0.6 is 12.6 Å². The topological polar surface area (TPSA) is 54.8 Å². The van der Waals surface area contributed by atoms with Gasteiger partial charge in [0.15, 0.2) is 0 Å². The van der Waals surface area contributed by atoms with Crippen molar-refractivity contribution in [3.05, 3.63) is 18.2 Å². The molecule has 5 nitrogen and oxygen atoms in total. The first kappa shape index (κ1) is 11.3. The molecule has 1 aliphatic rings. The second-order valence-electron chi connectivity index (χ2n) is 4.64. The highest BCUT2D eigenvalue weighted by atomic mass is 32.1. The van der Waals surface area contributed by atoms with E-state index in [2.05, 4.69) is 60.2 Å². The average molecular weight is 239 g/mol. The van der Waals surface area contributed by atoms with Crippen LogP contribution in [0, 0.1) is 0 Å². The zero-order valence-electron chi connectivity index (χ0n) is 9.73. The van der Waals surface area contributed by atoms with Crippen LogP contribution in [0.2, 0.25) is 0 Å². The van der Waals surface area contributed by atoms with Crippen molar-refractivity contribution in [2.24, 2.45) is 0 Å². The van der Waals surface area contributed by atoms with Gasteiger partial charge in [-0.3, -0.25) is 0 Å². The number of hydrogen-bond acceptors (Lipinski definition) is 5. The van der Waals surface area contributed by atoms with Crippen molar-refractivity contribution in [3.8, 4) is 0 Å². The molecule has 0 aromatic carbocycles. The summed E-state index contributed by atoms with van der Waals surface area (Å²) < 4.78 is 1.80. The van der Waals surface area contributed by atoms with E-state index in [4.69, 9.17) is 0 Å². The lowest BCUT2D eigenvalue weighted by atomic mass is 10.2. The highest BCUT2D eigenvalue weighted by Crippen LogP contribution is 2.20. The fraction of sp³-hybridized carbons (Fsp3) is 0.600. The number of rotatable bonds is 3. The van der Waals surface area contributed by atoms with Gasteiger partial charge in [-0.25, -0.2) is 4.68 Å². The molecule has 0 saturated carbocycles. The Balaban J connectivity index is 2.04. The molecular formula is C10H17N5S. The molecule has 0 radical (unpaired) electrons. The summed E-state index contributed by atoms with van der Waals surface area (Å²) in [5.74, 6) is 1.74. The van der Waals surface area contributed by atoms with Gasteiger partial charge in [0.05, 0.1) is 6.04 Å². The number of nitrogens with zero attached hydrogens (tertiary/aromatic N) is 3. The quantitative estimate of drug-likeness (QED) is 0.698. The number of aromatic nitrogens is 3. The summed E-state index contributed by atoms with van der Waals surface area (Å²) >= 11 is 4.47. The fourth-order valence-electron chi connectivity index (χ4n) is 1.53. The van der Waals surface area contributed by atoms with Crippen LogP contribution < -0.4 is 10.6 Å². The maximum atomic E-state index is 4.47. The predicted octanol–water partition coefficient (Wildman–Crippen LogP) is 1.40. The third kappa shape index (κ3) is 2.49. The molecule has 1 aliphatic heterocycles. The highest BCUT2D eigenvalue weighted by Gasteiger charge is 2.18. The van der Waals surface area contributed by atoms with Gasteiger partial charge in [-0.05, 0) is 26.8 Å². The van der Waals surface area contributed by atoms with Crippen LogP contribution in [0.4, 0.5) is 5.95 Å². The molecule has 0 spiro atoms. The summed E-state index contributed by atoms with van der Waals surface area (Å²) in [6.07, 6.45) is 3.64. The highest BCUT2D eigenvalue weighted by molar-refractivity contribution is 7.81. The number of thiol groups is 1. The van der Waals surface area contributed by atoms with Gasteiger partial charge in [-0.1, -0.05) is 0 Å². The average Bonchev–Trinajstić information content (AvgIpc) is 2.62. The van der Waals surface area contributed by atoms with Gasteiger partial charge in [-0.2, -0.15) is 22.7 Å². The standard InChI is InChI=1S/C10H17N5S/c1-7-4-8(11-5-10(2,3)16)14-9-12-6-13-15(7)9/h4,6-7,11,16H,5H2,1-3H3,(H,12,13,14). The van der Waals surface area contributed by atoms with E-state index in [1.807, 2.05) is 4.68 Å². The Kier molecular flexibility index (Phi) is 2.84. The van der Waals surface area contributed by atoms with E-state index in [9.17, 15) is 0 Å². The smallest absolute Gasteiger partial charge is 0.227 e. The van der Waals surface area contributed by atoms with Crippen molar-refractivity contribution in [1.29, 1.82) is 0 Å². The molecule has 0 saturated heterocycles. The predicted molar refractivity (Wildman–Crippen MR) is 67.5 cm³/mol. The van der Waals surface area contributed by atoms with Crippen molar-refractivity contribution < 1.29 is 0 Å². The summed E-state index contributed by atoms with van der Waals surface area (Å²) in [6.45, 7) is 7.00. The minimum absolute atomic E-state index is 0.0448. The normalized spacial score (nSPS) is 19.8. The summed E-state index contributed by atoms with van der Waals surface area (Å²) in [4.78, 5) is 4.14. The van der Waals surface area contributed by atoms with E-state index in [0.29, 0.717) is 0 Å². The van der Waals surface area contributed by atoms with Crippen LogP contribution in [0.5, 0.6) is 0 Å². The first-order valence-corrected chi connectivity index (χ1v) is 5.75. The molecule has 0 aliphatic carbocycles. The summed E-state index contributed by atoms with van der Waals surface area (Å²) in [5.41, 5.74) is 0. The van der Waals surface area contributed by atoms with Crippen LogP contribution in [0.3, 0.4) is 0 Å². The summed E-state index contributed by atoms with van der Waals surface area (Å²) in [7, 11) is 0. The van der Waals surface area contributed by atoms with E-state index in [1.165, 1.54) is 0 Å². The molecule has 1 atom stereocenters. The second kappa shape index (κ2) is 4.01. The molecule has 0 amide bonds. The molecule has 1 aromatic heterocycles. The lowest BCUT2D eigenvalue weighted by molar-refractivity contribution is 0.557. The van der Waals surface area contributed by atoms with E-state index in [1.54, 1.807) is 6.33 Å². The lowest BCUT2D eigenvalue weighted by Crippen LogP contribution is -2.34. The zero-order valence-corrected chi connectivity index (χ0v) is 10.6. The summed E-state index contributed by atoms with van der Waals surface area (Å²) in [5, 5.41) is 10.6. The van der Waals surface area contributed by atoms with Crippen LogP contribution in [-0.4, -0.2) is 26.1 Å². The third-order valence-corrected chi connectivity index (χ3v) is 2.48. The van der Waals surface area contributed by atoms with Gasteiger partial charge in [-0.15, -0.1) is 0 Å². The maximum absolute atomic E-state index is 4.47. The Bertz CT molecular complexity index is 404. The van der Waals surface area contributed by atoms with E-state index < -0.39 is 0 Å². The molecule has 0 bridgehead atoms. The minimum Gasteiger partial charge on any atom is -0.370 e. The zero-order chi connectivity index (χ0) is 11.8. The molecule has 1 unspecified atom stereocenters. The monoisotopic (exact) mass is 239 g/mol. The Morgan fingerprint density at radius 1 is 1.62 bits per heavy atom. The first-order chi connectivity index (χ1) is 7.46. The Morgan fingerprint density at radius 3 is 3.06 bits per heavy atom. The Hall–Kier alpha value is -1.17. The van der Waals surface area contributed by atoms with Crippen molar-refractivity contribution in [3.63, 3.8) is 0 Å². The van der Waals surface area contributed by atoms with Gasteiger partial charge in [0.2, 0.25) is 5.95 Å². The Labute approximate surface area is 101 Å². The molecule has 0 fully saturated rings. The molecule has 1 aromatic rings. The number of hydrogen-bond donors (Lipinski definition) is 3. The summed E-state index contributed by atoms with van der Waals surface area (Å²) in [6, 6.07) is 0.212. The number of fused-ring (bicyclic) bond motifs is 1. The molecular weight excluding hydrogens is 222 g/mol. The maximum Gasteiger partial charge on any atom is 0.227 e.